The fourth-order valence-electron chi connectivity index (χ4n) is 0.980. The molecule has 13 heavy (non-hydrogen) atoms. The Morgan fingerprint density at radius 3 is 2.62 bits per heavy atom. The third-order valence-electron chi connectivity index (χ3n) is 1.90. The number of carbonyl (C=O) groups is 1. The summed E-state index contributed by atoms with van der Waals surface area (Å²) >= 11 is 4.35. The van der Waals surface area contributed by atoms with Crippen LogP contribution in [0.5, 0.6) is 0 Å². The molecule has 0 fully saturated rings. The first kappa shape index (κ1) is 9.78. The van der Waals surface area contributed by atoms with Crippen LogP contribution in [0.1, 0.15) is 21.5 Å². The highest BCUT2D eigenvalue weighted by Gasteiger charge is 2.03. The highest BCUT2D eigenvalue weighted by molar-refractivity contribution is 7.78. The Bertz CT molecular complexity index is 392. The molecule has 0 saturated carbocycles. The van der Waals surface area contributed by atoms with Crippen molar-refractivity contribution in [3.05, 3.63) is 34.9 Å². The molecule has 0 aliphatic heterocycles. The minimum absolute atomic E-state index is 0.335. The maximum Gasteiger partial charge on any atom is 0.285 e. The number of hydrogen-bond donors (Lipinski definition) is 0. The van der Waals surface area contributed by atoms with Gasteiger partial charge in [-0.15, -0.1) is 0 Å². The van der Waals surface area contributed by atoms with E-state index in [0.717, 1.165) is 11.1 Å². The van der Waals surface area contributed by atoms with Crippen LogP contribution in [-0.2, 0) is 0 Å². The number of carbonyl (C=O) groups excluding carboxylic acids is 1. The molecule has 3 heteroatoms. The van der Waals surface area contributed by atoms with E-state index < -0.39 is 0 Å². The molecule has 1 rings (SSSR count). The summed E-state index contributed by atoms with van der Waals surface area (Å²) in [6.45, 7) is 3.94. The molecular weight excluding hydrogens is 182 g/mol. The summed E-state index contributed by atoms with van der Waals surface area (Å²) in [6, 6.07) is 5.43. The highest BCUT2D eigenvalue weighted by Crippen LogP contribution is 2.10. The second-order valence-electron chi connectivity index (χ2n) is 2.81. The molecule has 1 amide bonds. The van der Waals surface area contributed by atoms with Gasteiger partial charge in [-0.1, -0.05) is 6.07 Å². The van der Waals surface area contributed by atoms with Gasteiger partial charge < -0.3 is 0 Å². The number of benzene rings is 1. The van der Waals surface area contributed by atoms with E-state index in [1.54, 1.807) is 12.1 Å². The van der Waals surface area contributed by atoms with Crippen molar-refractivity contribution < 1.29 is 4.79 Å². The Morgan fingerprint density at radius 1 is 1.38 bits per heavy atom. The number of aryl methyl sites for hydroxylation is 2. The van der Waals surface area contributed by atoms with E-state index in [1.165, 1.54) is 0 Å². The van der Waals surface area contributed by atoms with Crippen LogP contribution in [0, 0.1) is 13.8 Å². The first-order chi connectivity index (χ1) is 6.15. The summed E-state index contributed by atoms with van der Waals surface area (Å²) in [6.07, 6.45) is 0. The number of nitrogens with zero attached hydrogens (tertiary/aromatic N) is 1. The predicted molar refractivity (Wildman–Crippen MR) is 55.3 cm³/mol. The molecule has 0 N–H and O–H groups in total. The standard InChI is InChI=1S/C10H9NOS/c1-7-3-4-9(5-8(7)2)10(12)11-6-13/h3-5H,1-2H3. The smallest absolute Gasteiger partial charge is 0.266 e. The van der Waals surface area contributed by atoms with Crippen LogP contribution in [0.25, 0.3) is 0 Å². The molecule has 0 bridgehead atoms. The normalized spacial score (nSPS) is 9.08. The zero-order valence-corrected chi connectivity index (χ0v) is 8.31. The average molecular weight is 191 g/mol. The van der Waals surface area contributed by atoms with E-state index in [0.29, 0.717) is 5.56 Å². The van der Waals surface area contributed by atoms with Crippen molar-refractivity contribution in [2.24, 2.45) is 4.99 Å². The molecule has 1 aromatic rings. The molecule has 0 atom stereocenters. The summed E-state index contributed by atoms with van der Waals surface area (Å²) in [5.41, 5.74) is 2.79. The predicted octanol–water partition coefficient (Wildman–Crippen LogP) is 2.55. The van der Waals surface area contributed by atoms with Crippen molar-refractivity contribution in [3.63, 3.8) is 0 Å². The van der Waals surface area contributed by atoms with Crippen LogP contribution in [0.15, 0.2) is 23.2 Å². The van der Waals surface area contributed by atoms with E-state index in [9.17, 15) is 4.79 Å². The topological polar surface area (TPSA) is 29.4 Å². The summed E-state index contributed by atoms with van der Waals surface area (Å²) < 4.78 is 0. The molecule has 0 aliphatic carbocycles. The van der Waals surface area contributed by atoms with Gasteiger partial charge in [0.05, 0.1) is 5.16 Å². The van der Waals surface area contributed by atoms with Crippen LogP contribution in [0.2, 0.25) is 0 Å². The lowest BCUT2D eigenvalue weighted by molar-refractivity contribution is 0.100. The summed E-state index contributed by atoms with van der Waals surface area (Å²) in [5.74, 6) is -0.335. The molecular formula is C10H9NOS. The summed E-state index contributed by atoms with van der Waals surface area (Å²) in [4.78, 5) is 14.6. The van der Waals surface area contributed by atoms with E-state index in [4.69, 9.17) is 0 Å². The van der Waals surface area contributed by atoms with Crippen molar-refractivity contribution in [1.29, 1.82) is 0 Å². The maximum atomic E-state index is 11.2. The van der Waals surface area contributed by atoms with E-state index in [1.807, 2.05) is 19.9 Å². The minimum atomic E-state index is -0.335. The molecule has 0 unspecified atom stereocenters. The molecule has 0 spiro atoms. The van der Waals surface area contributed by atoms with Crippen molar-refractivity contribution in [2.75, 3.05) is 0 Å². The molecule has 2 nitrogen and oxygen atoms in total. The first-order valence-electron chi connectivity index (χ1n) is 3.84. The monoisotopic (exact) mass is 191 g/mol. The number of amides is 1. The van der Waals surface area contributed by atoms with E-state index in [-0.39, 0.29) is 5.91 Å². The fourth-order valence-corrected chi connectivity index (χ4v) is 1.06. The van der Waals surface area contributed by atoms with Crippen molar-refractivity contribution in [1.82, 2.24) is 0 Å². The lowest BCUT2D eigenvalue weighted by Crippen LogP contribution is -1.95. The van der Waals surface area contributed by atoms with Crippen LogP contribution in [0.4, 0.5) is 0 Å². The molecule has 1 aromatic carbocycles. The van der Waals surface area contributed by atoms with Gasteiger partial charge in [0.2, 0.25) is 0 Å². The van der Waals surface area contributed by atoms with Gasteiger partial charge in [0.15, 0.2) is 0 Å². The Labute approximate surface area is 82.3 Å². The minimum Gasteiger partial charge on any atom is -0.266 e. The Kier molecular flexibility index (Phi) is 3.07. The van der Waals surface area contributed by atoms with Gasteiger partial charge in [-0.2, -0.15) is 4.99 Å². The summed E-state index contributed by atoms with van der Waals surface area (Å²) in [5, 5.41) is 2.06. The van der Waals surface area contributed by atoms with Crippen LogP contribution >= 0.6 is 12.2 Å². The quantitative estimate of drug-likeness (QED) is 0.504. The second kappa shape index (κ2) is 4.08. The second-order valence-corrected chi connectivity index (χ2v) is 2.99. The average Bonchev–Trinajstić information content (AvgIpc) is 2.10. The third kappa shape index (κ3) is 2.31. The molecule has 0 aromatic heterocycles. The van der Waals surface area contributed by atoms with Gasteiger partial charge in [-0.05, 0) is 49.3 Å². The number of thiocarbonyl (C=S) groups is 1. The number of hydrogen-bond acceptors (Lipinski definition) is 2. The van der Waals surface area contributed by atoms with Gasteiger partial charge in [-0.3, -0.25) is 4.79 Å². The Morgan fingerprint density at radius 2 is 2.08 bits per heavy atom. The third-order valence-corrected chi connectivity index (χ3v) is 1.99. The fraction of sp³-hybridized carbons (Fsp3) is 0.200. The van der Waals surface area contributed by atoms with Crippen LogP contribution < -0.4 is 0 Å². The molecule has 66 valence electrons. The van der Waals surface area contributed by atoms with Crippen molar-refractivity contribution in [2.45, 2.75) is 13.8 Å². The first-order valence-corrected chi connectivity index (χ1v) is 4.25. The largest absolute Gasteiger partial charge is 0.285 e. The van der Waals surface area contributed by atoms with E-state index in [2.05, 4.69) is 22.4 Å². The molecule has 0 radical (unpaired) electrons. The van der Waals surface area contributed by atoms with Gasteiger partial charge in [0, 0.05) is 5.56 Å². The molecule has 0 aliphatic rings. The lowest BCUT2D eigenvalue weighted by atomic mass is 10.1. The van der Waals surface area contributed by atoms with E-state index >= 15 is 0 Å². The number of aliphatic imine (C=N–C) groups is 1. The van der Waals surface area contributed by atoms with Crippen LogP contribution in [-0.4, -0.2) is 11.1 Å². The van der Waals surface area contributed by atoms with Gasteiger partial charge in [-0.25, -0.2) is 0 Å². The van der Waals surface area contributed by atoms with Gasteiger partial charge in [0.1, 0.15) is 0 Å². The zero-order chi connectivity index (χ0) is 9.84. The SMILES string of the molecule is Cc1ccc(C(=O)N=C=S)cc1C. The lowest BCUT2D eigenvalue weighted by Gasteiger charge is -2.00. The Balaban J connectivity index is 3.10. The molecule has 0 saturated heterocycles. The van der Waals surface area contributed by atoms with Crippen molar-refractivity contribution in [3.8, 4) is 0 Å². The van der Waals surface area contributed by atoms with Crippen molar-refractivity contribution >= 4 is 23.3 Å². The maximum absolute atomic E-state index is 11.2. The van der Waals surface area contributed by atoms with Crippen LogP contribution in [0.3, 0.4) is 0 Å². The number of rotatable bonds is 1. The van der Waals surface area contributed by atoms with Gasteiger partial charge >= 0.3 is 0 Å². The Hall–Kier alpha value is -1.31. The molecule has 0 heterocycles. The number of isothiocyanates is 1. The highest BCUT2D eigenvalue weighted by atomic mass is 32.1. The summed E-state index contributed by atoms with van der Waals surface area (Å²) in [7, 11) is 0. The van der Waals surface area contributed by atoms with Gasteiger partial charge in [0.25, 0.3) is 5.91 Å². The zero-order valence-electron chi connectivity index (χ0n) is 7.50.